The van der Waals surface area contributed by atoms with Gasteiger partial charge < -0.3 is 4.90 Å². The van der Waals surface area contributed by atoms with Crippen molar-refractivity contribution in [3.8, 4) is 0 Å². The average molecular weight is 326 g/mol. The number of hydrogen-bond acceptors (Lipinski definition) is 3. The number of carbonyl (C=O) groups is 1. The summed E-state index contributed by atoms with van der Waals surface area (Å²) in [7, 11) is 0. The highest BCUT2D eigenvalue weighted by molar-refractivity contribution is 9.10. The first kappa shape index (κ1) is 14.5. The molecule has 19 heavy (non-hydrogen) atoms. The van der Waals surface area contributed by atoms with Crippen LogP contribution in [0.4, 0.5) is 0 Å². The minimum atomic E-state index is -0.462. The number of hydrogen-bond donors (Lipinski definition) is 0. The van der Waals surface area contributed by atoms with Crippen molar-refractivity contribution in [2.45, 2.75) is 24.7 Å². The molecule has 0 N–H and O–H groups in total. The van der Waals surface area contributed by atoms with Crippen LogP contribution in [0, 0.1) is 0 Å². The molecule has 0 atom stereocenters. The van der Waals surface area contributed by atoms with Gasteiger partial charge in [0.25, 0.3) is 0 Å². The molecule has 2 rings (SSSR count). The van der Waals surface area contributed by atoms with E-state index in [0.717, 1.165) is 38.4 Å². The van der Waals surface area contributed by atoms with Crippen LogP contribution in [0.25, 0.3) is 0 Å². The Bertz CT molecular complexity index is 422. The molecule has 4 nitrogen and oxygen atoms in total. The van der Waals surface area contributed by atoms with Crippen LogP contribution in [0.3, 0.4) is 0 Å². The summed E-state index contributed by atoms with van der Waals surface area (Å²) in [5.74, 6) is 0.171. The Labute approximate surface area is 122 Å². The zero-order valence-corrected chi connectivity index (χ0v) is 13.1. The Morgan fingerprint density at radius 3 is 2.53 bits per heavy atom. The molecule has 1 aromatic heterocycles. The molecule has 1 aliphatic rings. The molecule has 2 heterocycles. The number of rotatable bonds is 3. The van der Waals surface area contributed by atoms with Gasteiger partial charge in [-0.2, -0.15) is 0 Å². The molecule has 1 fully saturated rings. The zero-order chi connectivity index (χ0) is 13.9. The highest BCUT2D eigenvalue weighted by atomic mass is 79.9. The van der Waals surface area contributed by atoms with E-state index in [1.165, 1.54) is 0 Å². The highest BCUT2D eigenvalue weighted by Gasteiger charge is 2.31. The number of halogens is 1. The number of carbonyl (C=O) groups excluding carboxylic acids is 1. The molecule has 5 heteroatoms. The maximum absolute atomic E-state index is 12.1. The van der Waals surface area contributed by atoms with Crippen LogP contribution >= 0.6 is 15.9 Å². The minimum absolute atomic E-state index is 0.171. The lowest BCUT2D eigenvalue weighted by Gasteiger charge is -2.37. The molecule has 0 bridgehead atoms. The van der Waals surface area contributed by atoms with Gasteiger partial charge in [-0.15, -0.1) is 0 Å². The van der Waals surface area contributed by atoms with Crippen LogP contribution in [-0.4, -0.2) is 51.2 Å². The second-order valence-corrected chi connectivity index (χ2v) is 7.34. The van der Waals surface area contributed by atoms with Crippen molar-refractivity contribution < 1.29 is 4.79 Å². The topological polar surface area (TPSA) is 36.4 Å². The predicted octanol–water partition coefficient (Wildman–Crippen LogP) is 1.90. The van der Waals surface area contributed by atoms with Gasteiger partial charge in [0.05, 0.1) is 10.0 Å². The van der Waals surface area contributed by atoms with E-state index in [0.29, 0.717) is 0 Å². The molecule has 1 aliphatic heterocycles. The predicted molar refractivity (Wildman–Crippen MR) is 79.1 cm³/mol. The van der Waals surface area contributed by atoms with Crippen LogP contribution in [0.15, 0.2) is 24.4 Å². The smallest absolute Gasteiger partial charge is 0.238 e. The maximum Gasteiger partial charge on any atom is 0.238 e. The van der Waals surface area contributed by atoms with Gasteiger partial charge in [0.1, 0.15) is 0 Å². The van der Waals surface area contributed by atoms with Crippen LogP contribution in [0.1, 0.15) is 19.5 Å². The highest BCUT2D eigenvalue weighted by Crippen LogP contribution is 2.20. The van der Waals surface area contributed by atoms with Crippen molar-refractivity contribution >= 4 is 21.8 Å². The number of alkyl halides is 1. The van der Waals surface area contributed by atoms with Crippen LogP contribution in [0.2, 0.25) is 0 Å². The molecule has 0 aliphatic carbocycles. The van der Waals surface area contributed by atoms with E-state index in [-0.39, 0.29) is 5.91 Å². The van der Waals surface area contributed by atoms with Crippen LogP contribution < -0.4 is 0 Å². The van der Waals surface area contributed by atoms with Crippen LogP contribution in [0.5, 0.6) is 0 Å². The van der Waals surface area contributed by atoms with Crippen molar-refractivity contribution in [3.63, 3.8) is 0 Å². The van der Waals surface area contributed by atoms with Gasteiger partial charge in [0, 0.05) is 38.9 Å². The standard InChI is InChI=1S/C14H20BrN3O/c1-14(2,15)13(19)18-9-7-17(8-10-18)11-12-5-3-4-6-16-12/h3-6H,7-11H2,1-2H3. The van der Waals surface area contributed by atoms with Gasteiger partial charge in [0.2, 0.25) is 5.91 Å². The summed E-state index contributed by atoms with van der Waals surface area (Å²) < 4.78 is -0.462. The second-order valence-electron chi connectivity index (χ2n) is 5.36. The van der Waals surface area contributed by atoms with E-state index < -0.39 is 4.32 Å². The van der Waals surface area contributed by atoms with Crippen molar-refractivity contribution in [1.82, 2.24) is 14.8 Å². The van der Waals surface area contributed by atoms with E-state index >= 15 is 0 Å². The molecule has 0 saturated carbocycles. The van der Waals surface area contributed by atoms with E-state index in [1.54, 1.807) is 0 Å². The SMILES string of the molecule is CC(C)(Br)C(=O)N1CCN(Cc2ccccn2)CC1. The Hall–Kier alpha value is -0.940. The van der Waals surface area contributed by atoms with E-state index in [1.807, 2.05) is 43.1 Å². The third-order valence-electron chi connectivity index (χ3n) is 3.28. The van der Waals surface area contributed by atoms with Gasteiger partial charge in [-0.1, -0.05) is 22.0 Å². The molecule has 1 aromatic rings. The normalized spacial score (nSPS) is 17.5. The lowest BCUT2D eigenvalue weighted by molar-refractivity contribution is -0.134. The lowest BCUT2D eigenvalue weighted by Crippen LogP contribution is -2.52. The molecule has 1 amide bonds. The molecule has 0 aromatic carbocycles. The number of aromatic nitrogens is 1. The summed E-state index contributed by atoms with van der Waals surface area (Å²) >= 11 is 3.43. The summed E-state index contributed by atoms with van der Waals surface area (Å²) in [5.41, 5.74) is 1.09. The third kappa shape index (κ3) is 4.01. The third-order valence-corrected chi connectivity index (χ3v) is 3.62. The van der Waals surface area contributed by atoms with E-state index in [9.17, 15) is 4.79 Å². The van der Waals surface area contributed by atoms with Gasteiger partial charge in [-0.05, 0) is 26.0 Å². The summed E-state index contributed by atoms with van der Waals surface area (Å²) in [6, 6.07) is 5.98. The first-order valence-electron chi connectivity index (χ1n) is 6.57. The van der Waals surface area contributed by atoms with Crippen LogP contribution in [-0.2, 0) is 11.3 Å². The number of piperazine rings is 1. The van der Waals surface area contributed by atoms with E-state index in [4.69, 9.17) is 0 Å². The fourth-order valence-corrected chi connectivity index (χ4v) is 2.46. The molecule has 104 valence electrons. The summed E-state index contributed by atoms with van der Waals surface area (Å²) in [6.45, 7) is 8.06. The van der Waals surface area contributed by atoms with Gasteiger partial charge in [-0.3, -0.25) is 14.7 Å². The summed E-state index contributed by atoms with van der Waals surface area (Å²) in [4.78, 5) is 20.7. The average Bonchev–Trinajstić information content (AvgIpc) is 2.39. The summed E-state index contributed by atoms with van der Waals surface area (Å²) in [6.07, 6.45) is 1.82. The monoisotopic (exact) mass is 325 g/mol. The fraction of sp³-hybridized carbons (Fsp3) is 0.571. The Kier molecular flexibility index (Phi) is 4.58. The quantitative estimate of drug-likeness (QED) is 0.796. The van der Waals surface area contributed by atoms with Crippen molar-refractivity contribution in [3.05, 3.63) is 30.1 Å². The molecular weight excluding hydrogens is 306 g/mol. The molecule has 0 radical (unpaired) electrons. The Balaban J connectivity index is 1.85. The first-order valence-corrected chi connectivity index (χ1v) is 7.36. The van der Waals surface area contributed by atoms with Gasteiger partial charge in [0.15, 0.2) is 0 Å². The number of amides is 1. The maximum atomic E-state index is 12.1. The van der Waals surface area contributed by atoms with Crippen molar-refractivity contribution in [2.24, 2.45) is 0 Å². The molecule has 1 saturated heterocycles. The minimum Gasteiger partial charge on any atom is -0.339 e. The Morgan fingerprint density at radius 2 is 2.00 bits per heavy atom. The summed E-state index contributed by atoms with van der Waals surface area (Å²) in [5, 5.41) is 0. The molecule has 0 unspecified atom stereocenters. The van der Waals surface area contributed by atoms with Crippen molar-refractivity contribution in [1.29, 1.82) is 0 Å². The first-order chi connectivity index (χ1) is 8.97. The van der Waals surface area contributed by atoms with Gasteiger partial charge >= 0.3 is 0 Å². The number of pyridine rings is 1. The van der Waals surface area contributed by atoms with E-state index in [2.05, 4.69) is 25.8 Å². The lowest BCUT2D eigenvalue weighted by atomic mass is 10.1. The molecular formula is C14H20BrN3O. The molecule has 0 spiro atoms. The van der Waals surface area contributed by atoms with Gasteiger partial charge in [-0.25, -0.2) is 0 Å². The largest absolute Gasteiger partial charge is 0.339 e. The Morgan fingerprint density at radius 1 is 1.32 bits per heavy atom. The number of nitrogens with zero attached hydrogens (tertiary/aromatic N) is 3. The zero-order valence-electron chi connectivity index (χ0n) is 11.5. The second kappa shape index (κ2) is 6.01. The van der Waals surface area contributed by atoms with Crippen molar-refractivity contribution in [2.75, 3.05) is 26.2 Å². The fourth-order valence-electron chi connectivity index (χ4n) is 2.21.